The molecule has 1 aromatic rings. The van der Waals surface area contributed by atoms with Gasteiger partial charge in [0, 0.05) is 12.1 Å². The van der Waals surface area contributed by atoms with Crippen LogP contribution in [0.3, 0.4) is 0 Å². The van der Waals surface area contributed by atoms with E-state index in [1.165, 1.54) is 0 Å². The Morgan fingerprint density at radius 2 is 1.76 bits per heavy atom. The molecule has 0 bridgehead atoms. The van der Waals surface area contributed by atoms with E-state index < -0.39 is 11.9 Å². The van der Waals surface area contributed by atoms with Crippen LogP contribution in [-0.2, 0) is 16.0 Å². The van der Waals surface area contributed by atoms with Gasteiger partial charge in [-0.3, -0.25) is 9.59 Å². The molecule has 0 aromatic heterocycles. The lowest BCUT2D eigenvalue weighted by molar-refractivity contribution is -0.141. The molecule has 0 saturated heterocycles. The normalized spacial score (nSPS) is 12.8. The Morgan fingerprint density at radius 1 is 1.19 bits per heavy atom. The molecule has 1 amide bonds. The van der Waals surface area contributed by atoms with Gasteiger partial charge in [-0.05, 0) is 36.0 Å². The van der Waals surface area contributed by atoms with Gasteiger partial charge in [-0.2, -0.15) is 0 Å². The molecule has 1 unspecified atom stereocenters. The first kappa shape index (κ1) is 17.2. The van der Waals surface area contributed by atoms with Crippen molar-refractivity contribution in [1.82, 2.24) is 0 Å². The second kappa shape index (κ2) is 7.25. The Labute approximate surface area is 126 Å². The smallest absolute Gasteiger partial charge is 0.306 e. The van der Waals surface area contributed by atoms with Crippen LogP contribution in [0.1, 0.15) is 46.1 Å². The van der Waals surface area contributed by atoms with Crippen molar-refractivity contribution in [3.8, 4) is 0 Å². The summed E-state index contributed by atoms with van der Waals surface area (Å²) in [6.07, 6.45) is 1.84. The summed E-state index contributed by atoms with van der Waals surface area (Å²) in [5.41, 5.74) is 1.85. The first-order valence-electron chi connectivity index (χ1n) is 7.29. The lowest BCUT2D eigenvalue weighted by Crippen LogP contribution is -2.15. The van der Waals surface area contributed by atoms with E-state index in [0.717, 1.165) is 17.7 Å². The highest BCUT2D eigenvalue weighted by molar-refractivity contribution is 5.90. The molecule has 0 aliphatic rings. The van der Waals surface area contributed by atoms with Gasteiger partial charge in [0.05, 0.1) is 5.92 Å². The molecule has 4 nitrogen and oxygen atoms in total. The maximum absolute atomic E-state index is 11.8. The number of aliphatic carboxylic acids is 1. The zero-order valence-electron chi connectivity index (χ0n) is 13.3. The van der Waals surface area contributed by atoms with Gasteiger partial charge >= 0.3 is 5.97 Å². The Balaban J connectivity index is 2.51. The van der Waals surface area contributed by atoms with Crippen LogP contribution in [0.15, 0.2) is 24.3 Å². The average molecular weight is 291 g/mol. The minimum absolute atomic E-state index is 0.0107. The molecule has 21 heavy (non-hydrogen) atoms. The topological polar surface area (TPSA) is 66.4 Å². The van der Waals surface area contributed by atoms with Crippen molar-refractivity contribution in [1.29, 1.82) is 0 Å². The van der Waals surface area contributed by atoms with Crippen molar-refractivity contribution in [3.63, 3.8) is 0 Å². The Morgan fingerprint density at radius 3 is 2.24 bits per heavy atom. The SMILES string of the molecule is CC(Cc1ccc(NC(=O)CCC(C)(C)C)cc1)C(=O)O. The van der Waals surface area contributed by atoms with Crippen LogP contribution in [0.4, 0.5) is 5.69 Å². The minimum Gasteiger partial charge on any atom is -0.481 e. The second-order valence-electron chi connectivity index (χ2n) is 6.75. The van der Waals surface area contributed by atoms with E-state index in [2.05, 4.69) is 26.1 Å². The summed E-state index contributed by atoms with van der Waals surface area (Å²) >= 11 is 0. The number of anilines is 1. The fourth-order valence-electron chi connectivity index (χ4n) is 1.88. The summed E-state index contributed by atoms with van der Waals surface area (Å²) in [7, 11) is 0. The minimum atomic E-state index is -0.797. The third kappa shape index (κ3) is 6.93. The standard InChI is InChI=1S/C17H25NO3/c1-12(16(20)21)11-13-5-7-14(8-6-13)18-15(19)9-10-17(2,3)4/h5-8,12H,9-11H2,1-4H3,(H,18,19)(H,20,21). The average Bonchev–Trinajstić information content (AvgIpc) is 2.38. The Hall–Kier alpha value is -1.84. The second-order valence-corrected chi connectivity index (χ2v) is 6.75. The van der Waals surface area contributed by atoms with Gasteiger partial charge in [-0.1, -0.05) is 39.8 Å². The number of amides is 1. The van der Waals surface area contributed by atoms with Gasteiger partial charge in [-0.25, -0.2) is 0 Å². The van der Waals surface area contributed by atoms with Gasteiger partial charge in [0.2, 0.25) is 5.91 Å². The number of nitrogens with one attached hydrogen (secondary N) is 1. The van der Waals surface area contributed by atoms with Gasteiger partial charge in [0.25, 0.3) is 0 Å². The van der Waals surface area contributed by atoms with E-state index in [1.54, 1.807) is 6.92 Å². The molecule has 1 aromatic carbocycles. The molecule has 0 radical (unpaired) electrons. The van der Waals surface area contributed by atoms with Crippen LogP contribution in [0.2, 0.25) is 0 Å². The number of carboxylic acid groups (broad SMARTS) is 1. The number of carbonyl (C=O) groups excluding carboxylic acids is 1. The third-order valence-corrected chi connectivity index (χ3v) is 3.30. The van der Waals surface area contributed by atoms with Crippen molar-refractivity contribution >= 4 is 17.6 Å². The van der Waals surface area contributed by atoms with Crippen molar-refractivity contribution in [2.75, 3.05) is 5.32 Å². The number of benzene rings is 1. The Bertz CT molecular complexity index is 486. The zero-order valence-corrected chi connectivity index (χ0v) is 13.3. The van der Waals surface area contributed by atoms with Crippen LogP contribution in [-0.4, -0.2) is 17.0 Å². The predicted molar refractivity (Wildman–Crippen MR) is 84.3 cm³/mol. The molecule has 116 valence electrons. The van der Waals surface area contributed by atoms with E-state index in [0.29, 0.717) is 12.8 Å². The van der Waals surface area contributed by atoms with E-state index in [9.17, 15) is 9.59 Å². The maximum Gasteiger partial charge on any atom is 0.306 e. The quantitative estimate of drug-likeness (QED) is 0.839. The van der Waals surface area contributed by atoms with Crippen LogP contribution in [0.5, 0.6) is 0 Å². The van der Waals surface area contributed by atoms with Crippen LogP contribution < -0.4 is 5.32 Å². The molecule has 2 N–H and O–H groups in total. The number of hydrogen-bond acceptors (Lipinski definition) is 2. The molecule has 0 saturated carbocycles. The van der Waals surface area contributed by atoms with Gasteiger partial charge in [0.15, 0.2) is 0 Å². The van der Waals surface area contributed by atoms with Crippen molar-refractivity contribution < 1.29 is 14.7 Å². The molecule has 0 heterocycles. The van der Waals surface area contributed by atoms with Crippen LogP contribution >= 0.6 is 0 Å². The first-order valence-corrected chi connectivity index (χ1v) is 7.29. The van der Waals surface area contributed by atoms with Gasteiger partial charge in [0.1, 0.15) is 0 Å². The molecule has 4 heteroatoms. The molecule has 1 rings (SSSR count). The lowest BCUT2D eigenvalue weighted by atomic mass is 9.90. The van der Waals surface area contributed by atoms with Crippen LogP contribution in [0.25, 0.3) is 0 Å². The highest BCUT2D eigenvalue weighted by Crippen LogP contribution is 2.21. The largest absolute Gasteiger partial charge is 0.481 e. The lowest BCUT2D eigenvalue weighted by Gasteiger charge is -2.17. The molecule has 0 aliphatic carbocycles. The first-order chi connectivity index (χ1) is 9.67. The van der Waals surface area contributed by atoms with E-state index >= 15 is 0 Å². The predicted octanol–water partition coefficient (Wildman–Crippen LogP) is 3.71. The highest BCUT2D eigenvalue weighted by Gasteiger charge is 2.13. The Kier molecular flexibility index (Phi) is 5.94. The van der Waals surface area contributed by atoms with Crippen molar-refractivity contribution in [3.05, 3.63) is 29.8 Å². The molecule has 0 aliphatic heterocycles. The highest BCUT2D eigenvalue weighted by atomic mass is 16.4. The number of hydrogen-bond donors (Lipinski definition) is 2. The fraction of sp³-hybridized carbons (Fsp3) is 0.529. The summed E-state index contributed by atoms with van der Waals surface area (Å²) in [6, 6.07) is 7.36. The fourth-order valence-corrected chi connectivity index (χ4v) is 1.88. The molecule has 0 fully saturated rings. The molecular weight excluding hydrogens is 266 g/mol. The van der Waals surface area contributed by atoms with Crippen molar-refractivity contribution in [2.24, 2.45) is 11.3 Å². The van der Waals surface area contributed by atoms with Crippen molar-refractivity contribution in [2.45, 2.75) is 47.0 Å². The maximum atomic E-state index is 11.8. The molecule has 1 atom stereocenters. The zero-order chi connectivity index (χ0) is 16.0. The number of rotatable bonds is 6. The summed E-state index contributed by atoms with van der Waals surface area (Å²) in [5, 5.41) is 11.7. The van der Waals surface area contributed by atoms with Gasteiger partial charge < -0.3 is 10.4 Å². The summed E-state index contributed by atoms with van der Waals surface area (Å²) in [4.78, 5) is 22.6. The summed E-state index contributed by atoms with van der Waals surface area (Å²) < 4.78 is 0. The van der Waals surface area contributed by atoms with E-state index in [4.69, 9.17) is 5.11 Å². The van der Waals surface area contributed by atoms with E-state index in [1.807, 2.05) is 24.3 Å². The van der Waals surface area contributed by atoms with Crippen LogP contribution in [0, 0.1) is 11.3 Å². The number of carboxylic acids is 1. The summed E-state index contributed by atoms with van der Waals surface area (Å²) in [6.45, 7) is 8.01. The molecule has 0 spiro atoms. The summed E-state index contributed by atoms with van der Waals surface area (Å²) in [5.74, 6) is -1.19. The van der Waals surface area contributed by atoms with Gasteiger partial charge in [-0.15, -0.1) is 0 Å². The monoisotopic (exact) mass is 291 g/mol. The van der Waals surface area contributed by atoms with E-state index in [-0.39, 0.29) is 11.3 Å². The number of carbonyl (C=O) groups is 2. The molecular formula is C17H25NO3. The third-order valence-electron chi connectivity index (χ3n) is 3.30.